The summed E-state index contributed by atoms with van der Waals surface area (Å²) in [5.41, 5.74) is 6.07. The molecule has 0 radical (unpaired) electrons. The molecule has 0 aliphatic carbocycles. The van der Waals surface area contributed by atoms with Crippen LogP contribution >= 0.6 is 0 Å². The Morgan fingerprint density at radius 1 is 1.35 bits per heavy atom. The minimum atomic E-state index is -3.28. The molecule has 5 nitrogen and oxygen atoms in total. The van der Waals surface area contributed by atoms with E-state index in [1.165, 1.54) is 19.2 Å². The normalized spacial score (nSPS) is 11.8. The van der Waals surface area contributed by atoms with Crippen LogP contribution < -0.4 is 10.5 Å². The predicted molar refractivity (Wildman–Crippen MR) is 68.0 cm³/mol. The Labute approximate surface area is 102 Å². The van der Waals surface area contributed by atoms with Crippen molar-refractivity contribution in [1.82, 2.24) is 4.90 Å². The van der Waals surface area contributed by atoms with E-state index in [0.717, 1.165) is 0 Å². The minimum Gasteiger partial charge on any atom is -0.495 e. The fourth-order valence-corrected chi connectivity index (χ4v) is 2.71. The van der Waals surface area contributed by atoms with E-state index in [1.807, 2.05) is 19.0 Å². The van der Waals surface area contributed by atoms with E-state index in [2.05, 4.69) is 0 Å². The monoisotopic (exact) mass is 258 g/mol. The number of nitrogens with two attached hydrogens (primary N) is 1. The molecule has 0 fully saturated rings. The zero-order chi connectivity index (χ0) is 13.1. The molecule has 0 unspecified atom stereocenters. The highest BCUT2D eigenvalue weighted by Gasteiger charge is 2.16. The Balaban J connectivity index is 2.99. The van der Waals surface area contributed by atoms with Gasteiger partial charge in [-0.15, -0.1) is 0 Å². The third-order valence-corrected chi connectivity index (χ3v) is 4.06. The number of hydrogen-bond donors (Lipinski definition) is 1. The summed E-state index contributed by atoms with van der Waals surface area (Å²) in [5.74, 6) is 0.462. The van der Waals surface area contributed by atoms with E-state index in [4.69, 9.17) is 10.5 Å². The van der Waals surface area contributed by atoms with Crippen molar-refractivity contribution in [3.05, 3.63) is 18.2 Å². The summed E-state index contributed by atoms with van der Waals surface area (Å²) >= 11 is 0. The molecule has 0 spiro atoms. The fourth-order valence-electron chi connectivity index (χ4n) is 1.31. The Morgan fingerprint density at radius 3 is 2.53 bits per heavy atom. The molecule has 17 heavy (non-hydrogen) atoms. The molecule has 0 saturated heterocycles. The van der Waals surface area contributed by atoms with Gasteiger partial charge in [0.25, 0.3) is 0 Å². The Morgan fingerprint density at radius 2 is 2.00 bits per heavy atom. The number of hydrogen-bond acceptors (Lipinski definition) is 5. The molecular weight excluding hydrogens is 240 g/mol. The summed E-state index contributed by atoms with van der Waals surface area (Å²) in [4.78, 5) is 2.07. The van der Waals surface area contributed by atoms with Gasteiger partial charge >= 0.3 is 0 Å². The standard InChI is InChI=1S/C11H18N2O3S/c1-13(2)6-7-17(14,15)9-4-5-10(12)11(8-9)16-3/h4-5,8H,6-7,12H2,1-3H3. The lowest BCUT2D eigenvalue weighted by molar-refractivity contribution is 0.415. The Hall–Kier alpha value is -1.27. The molecule has 0 bridgehead atoms. The van der Waals surface area contributed by atoms with Crippen LogP contribution in [0.2, 0.25) is 0 Å². The van der Waals surface area contributed by atoms with Crippen LogP contribution in [-0.2, 0) is 9.84 Å². The first-order valence-corrected chi connectivity index (χ1v) is 6.83. The molecule has 1 aromatic carbocycles. The second kappa shape index (κ2) is 5.37. The van der Waals surface area contributed by atoms with Crippen LogP contribution in [0, 0.1) is 0 Å². The van der Waals surface area contributed by atoms with Crippen LogP contribution in [0.5, 0.6) is 5.75 Å². The van der Waals surface area contributed by atoms with Crippen molar-refractivity contribution in [2.45, 2.75) is 4.90 Å². The maximum Gasteiger partial charge on any atom is 0.179 e. The van der Waals surface area contributed by atoms with E-state index in [9.17, 15) is 8.42 Å². The summed E-state index contributed by atoms with van der Waals surface area (Å²) < 4.78 is 29.0. The second-order valence-electron chi connectivity index (χ2n) is 4.03. The third kappa shape index (κ3) is 3.61. The van der Waals surface area contributed by atoms with E-state index in [1.54, 1.807) is 6.07 Å². The van der Waals surface area contributed by atoms with E-state index >= 15 is 0 Å². The van der Waals surface area contributed by atoms with Gasteiger partial charge in [-0.05, 0) is 26.2 Å². The number of benzene rings is 1. The molecule has 1 aromatic rings. The molecule has 0 amide bonds. The molecule has 0 atom stereocenters. The van der Waals surface area contributed by atoms with Crippen LogP contribution in [0.4, 0.5) is 5.69 Å². The van der Waals surface area contributed by atoms with Crippen LogP contribution in [0.1, 0.15) is 0 Å². The van der Waals surface area contributed by atoms with E-state index in [0.29, 0.717) is 18.0 Å². The van der Waals surface area contributed by atoms with Crippen molar-refractivity contribution in [2.75, 3.05) is 39.2 Å². The molecule has 0 saturated carbocycles. The molecule has 96 valence electrons. The number of sulfone groups is 1. The smallest absolute Gasteiger partial charge is 0.179 e. The number of ether oxygens (including phenoxy) is 1. The first-order chi connectivity index (χ1) is 7.86. The summed E-state index contributed by atoms with van der Waals surface area (Å²) in [5, 5.41) is 0. The molecule has 1 rings (SSSR count). The maximum atomic E-state index is 12.0. The van der Waals surface area contributed by atoms with E-state index in [-0.39, 0.29) is 10.6 Å². The Kier molecular flexibility index (Phi) is 4.36. The zero-order valence-electron chi connectivity index (χ0n) is 10.3. The summed E-state index contributed by atoms with van der Waals surface area (Å²) in [6.07, 6.45) is 0. The summed E-state index contributed by atoms with van der Waals surface area (Å²) in [6, 6.07) is 4.50. The average molecular weight is 258 g/mol. The number of nitrogen functional groups attached to an aromatic ring is 1. The molecular formula is C11H18N2O3S. The molecule has 6 heteroatoms. The highest BCUT2D eigenvalue weighted by Crippen LogP contribution is 2.25. The molecule has 2 N–H and O–H groups in total. The van der Waals surface area contributed by atoms with Gasteiger partial charge in [0, 0.05) is 12.6 Å². The van der Waals surface area contributed by atoms with Gasteiger partial charge in [-0.3, -0.25) is 0 Å². The topological polar surface area (TPSA) is 72.6 Å². The van der Waals surface area contributed by atoms with Gasteiger partial charge in [-0.25, -0.2) is 8.42 Å². The quantitative estimate of drug-likeness (QED) is 0.784. The van der Waals surface area contributed by atoms with Crippen LogP contribution in [-0.4, -0.2) is 46.8 Å². The number of rotatable bonds is 5. The van der Waals surface area contributed by atoms with Gasteiger partial charge < -0.3 is 15.4 Å². The number of methoxy groups -OCH3 is 1. The van der Waals surface area contributed by atoms with Gasteiger partial charge in [0.15, 0.2) is 9.84 Å². The minimum absolute atomic E-state index is 0.0765. The van der Waals surface area contributed by atoms with Crippen molar-refractivity contribution in [2.24, 2.45) is 0 Å². The average Bonchev–Trinajstić information content (AvgIpc) is 2.27. The van der Waals surface area contributed by atoms with Gasteiger partial charge in [-0.2, -0.15) is 0 Å². The predicted octanol–water partition coefficient (Wildman–Crippen LogP) is 0.613. The third-order valence-electron chi connectivity index (χ3n) is 2.37. The van der Waals surface area contributed by atoms with Crippen molar-refractivity contribution >= 4 is 15.5 Å². The van der Waals surface area contributed by atoms with Gasteiger partial charge in [-0.1, -0.05) is 0 Å². The lowest BCUT2D eigenvalue weighted by atomic mass is 10.3. The van der Waals surface area contributed by atoms with Crippen LogP contribution in [0.3, 0.4) is 0 Å². The van der Waals surface area contributed by atoms with Crippen molar-refractivity contribution < 1.29 is 13.2 Å². The lowest BCUT2D eigenvalue weighted by Crippen LogP contribution is -2.22. The fraction of sp³-hybridized carbons (Fsp3) is 0.455. The van der Waals surface area contributed by atoms with Gasteiger partial charge in [0.2, 0.25) is 0 Å². The van der Waals surface area contributed by atoms with Crippen molar-refractivity contribution in [1.29, 1.82) is 0 Å². The highest BCUT2D eigenvalue weighted by atomic mass is 32.2. The SMILES string of the molecule is COc1cc(S(=O)(=O)CCN(C)C)ccc1N. The number of nitrogens with zero attached hydrogens (tertiary/aromatic N) is 1. The zero-order valence-corrected chi connectivity index (χ0v) is 11.1. The van der Waals surface area contributed by atoms with E-state index < -0.39 is 9.84 Å². The first kappa shape index (κ1) is 13.8. The summed E-state index contributed by atoms with van der Waals surface area (Å²) in [7, 11) is 1.84. The molecule has 0 heterocycles. The largest absolute Gasteiger partial charge is 0.495 e. The molecule has 0 aliphatic rings. The lowest BCUT2D eigenvalue weighted by Gasteiger charge is -2.11. The second-order valence-corrected chi connectivity index (χ2v) is 6.14. The van der Waals surface area contributed by atoms with Gasteiger partial charge in [0.1, 0.15) is 5.75 Å². The van der Waals surface area contributed by atoms with Gasteiger partial charge in [0.05, 0.1) is 23.4 Å². The summed E-state index contributed by atoms with van der Waals surface area (Å²) in [6.45, 7) is 0.481. The molecule has 0 aliphatic heterocycles. The van der Waals surface area contributed by atoms with Crippen LogP contribution in [0.15, 0.2) is 23.1 Å². The van der Waals surface area contributed by atoms with Crippen molar-refractivity contribution in [3.8, 4) is 5.75 Å². The first-order valence-electron chi connectivity index (χ1n) is 5.18. The highest BCUT2D eigenvalue weighted by molar-refractivity contribution is 7.91. The maximum absolute atomic E-state index is 12.0. The van der Waals surface area contributed by atoms with Crippen molar-refractivity contribution in [3.63, 3.8) is 0 Å². The molecule has 0 aromatic heterocycles. The van der Waals surface area contributed by atoms with Crippen LogP contribution in [0.25, 0.3) is 0 Å². The number of anilines is 1. The Bertz CT molecular complexity index is 483.